The predicted octanol–water partition coefficient (Wildman–Crippen LogP) is 3.77. The van der Waals surface area contributed by atoms with E-state index >= 15 is 0 Å². The number of rotatable bonds is 7. The summed E-state index contributed by atoms with van der Waals surface area (Å²) in [6.45, 7) is 4.40. The Morgan fingerprint density at radius 1 is 1.22 bits per heavy atom. The molecule has 27 heavy (non-hydrogen) atoms. The number of halogens is 1. The highest BCUT2D eigenvalue weighted by atomic mass is 127. The number of aliphatic imine (C=N–C) groups is 1. The van der Waals surface area contributed by atoms with Gasteiger partial charge in [0.15, 0.2) is 5.96 Å². The van der Waals surface area contributed by atoms with E-state index in [1.807, 2.05) is 56.3 Å². The molecule has 0 bridgehead atoms. The van der Waals surface area contributed by atoms with Gasteiger partial charge in [0, 0.05) is 23.4 Å². The number of carbonyl (C=O) groups excluding carboxylic acids is 1. The number of anilines is 1. The number of ether oxygens (including phenoxy) is 1. The van der Waals surface area contributed by atoms with Crippen molar-refractivity contribution in [2.45, 2.75) is 32.9 Å². The number of nitrogens with two attached hydrogens (primary N) is 1. The normalized spacial score (nSPS) is 11.9. The number of guanidine groups is 1. The topological polar surface area (TPSA) is 88.7 Å². The lowest BCUT2D eigenvalue weighted by molar-refractivity contribution is 0.0939. The van der Waals surface area contributed by atoms with Crippen molar-refractivity contribution in [3.8, 4) is 5.75 Å². The van der Waals surface area contributed by atoms with Crippen LogP contribution in [-0.4, -0.2) is 25.0 Å². The van der Waals surface area contributed by atoms with E-state index in [2.05, 4.69) is 15.6 Å². The van der Waals surface area contributed by atoms with Crippen molar-refractivity contribution in [3.63, 3.8) is 0 Å². The maximum absolute atomic E-state index is 12.2. The van der Waals surface area contributed by atoms with Crippen molar-refractivity contribution in [2.75, 3.05) is 12.4 Å². The van der Waals surface area contributed by atoms with E-state index < -0.39 is 0 Å². The molecule has 0 aliphatic heterocycles. The molecule has 146 valence electrons. The van der Waals surface area contributed by atoms with E-state index in [4.69, 9.17) is 10.5 Å². The number of amides is 1. The minimum absolute atomic E-state index is 0. The minimum Gasteiger partial charge on any atom is -0.497 e. The second-order valence-corrected chi connectivity index (χ2v) is 6.04. The number of hydrogen-bond acceptors (Lipinski definition) is 3. The summed E-state index contributed by atoms with van der Waals surface area (Å²) in [6.07, 6.45) is 0.891. The number of carbonyl (C=O) groups is 1. The van der Waals surface area contributed by atoms with E-state index in [1.165, 1.54) is 0 Å². The zero-order chi connectivity index (χ0) is 18.9. The maximum atomic E-state index is 12.2. The quantitative estimate of drug-likeness (QED) is 0.319. The summed E-state index contributed by atoms with van der Waals surface area (Å²) in [5.41, 5.74) is 8.28. The van der Waals surface area contributed by atoms with E-state index in [-0.39, 0.29) is 35.9 Å². The molecule has 2 aromatic rings. The molecule has 0 aromatic heterocycles. The average molecular weight is 482 g/mol. The lowest BCUT2D eigenvalue weighted by Crippen LogP contribution is -2.31. The summed E-state index contributed by atoms with van der Waals surface area (Å²) in [5.74, 6) is 0.961. The van der Waals surface area contributed by atoms with Crippen LogP contribution in [0.25, 0.3) is 0 Å². The first kappa shape index (κ1) is 22.8. The summed E-state index contributed by atoms with van der Waals surface area (Å²) >= 11 is 0. The third-order valence-corrected chi connectivity index (χ3v) is 3.95. The maximum Gasteiger partial charge on any atom is 0.251 e. The molecule has 0 fully saturated rings. The smallest absolute Gasteiger partial charge is 0.251 e. The highest BCUT2D eigenvalue weighted by Crippen LogP contribution is 2.16. The van der Waals surface area contributed by atoms with E-state index in [9.17, 15) is 4.79 Å². The Morgan fingerprint density at radius 3 is 2.67 bits per heavy atom. The van der Waals surface area contributed by atoms with Crippen LogP contribution < -0.4 is 21.1 Å². The average Bonchev–Trinajstić information content (AvgIpc) is 2.66. The summed E-state index contributed by atoms with van der Waals surface area (Å²) in [4.78, 5) is 16.5. The highest BCUT2D eigenvalue weighted by Gasteiger charge is 2.08. The third-order valence-electron chi connectivity index (χ3n) is 3.95. The fourth-order valence-corrected chi connectivity index (χ4v) is 2.28. The first-order valence-electron chi connectivity index (χ1n) is 8.62. The number of nitrogens with zero attached hydrogens (tertiary/aromatic N) is 1. The van der Waals surface area contributed by atoms with Gasteiger partial charge >= 0.3 is 0 Å². The molecule has 6 nitrogen and oxygen atoms in total. The number of nitrogens with one attached hydrogen (secondary N) is 2. The van der Waals surface area contributed by atoms with Crippen LogP contribution in [0.5, 0.6) is 5.75 Å². The fourth-order valence-electron chi connectivity index (χ4n) is 2.28. The van der Waals surface area contributed by atoms with Crippen LogP contribution >= 0.6 is 24.0 Å². The van der Waals surface area contributed by atoms with E-state index in [0.29, 0.717) is 18.1 Å². The van der Waals surface area contributed by atoms with Gasteiger partial charge in [0.25, 0.3) is 5.91 Å². The lowest BCUT2D eigenvalue weighted by atomic mass is 10.1. The monoisotopic (exact) mass is 482 g/mol. The van der Waals surface area contributed by atoms with Crippen LogP contribution in [0.15, 0.2) is 53.5 Å². The van der Waals surface area contributed by atoms with Crippen LogP contribution in [-0.2, 0) is 6.54 Å². The van der Waals surface area contributed by atoms with Gasteiger partial charge in [-0.2, -0.15) is 0 Å². The first-order chi connectivity index (χ1) is 12.5. The largest absolute Gasteiger partial charge is 0.497 e. The molecular formula is C20H27IN4O2. The van der Waals surface area contributed by atoms with E-state index in [0.717, 1.165) is 23.4 Å². The van der Waals surface area contributed by atoms with Gasteiger partial charge in [0.05, 0.1) is 13.7 Å². The van der Waals surface area contributed by atoms with Crippen LogP contribution in [0, 0.1) is 0 Å². The van der Waals surface area contributed by atoms with Gasteiger partial charge in [-0.25, -0.2) is 4.99 Å². The van der Waals surface area contributed by atoms with Crippen LogP contribution in [0.3, 0.4) is 0 Å². The van der Waals surface area contributed by atoms with Crippen LogP contribution in [0.2, 0.25) is 0 Å². The molecule has 0 radical (unpaired) electrons. The SMILES string of the molecule is CCC(C)NC(=O)c1cccc(CN=C(N)Nc2cccc(OC)c2)c1.I. The molecule has 7 heteroatoms. The van der Waals surface area contributed by atoms with Crippen molar-refractivity contribution in [1.29, 1.82) is 0 Å². The summed E-state index contributed by atoms with van der Waals surface area (Å²) in [6, 6.07) is 15.0. The Kier molecular flexibility index (Phi) is 9.63. The number of hydrogen-bond donors (Lipinski definition) is 3. The van der Waals surface area contributed by atoms with Crippen molar-refractivity contribution in [1.82, 2.24) is 5.32 Å². The number of methoxy groups -OCH3 is 1. The molecule has 0 aliphatic rings. The molecular weight excluding hydrogens is 455 g/mol. The lowest BCUT2D eigenvalue weighted by Gasteiger charge is -2.12. The Labute approximate surface area is 177 Å². The van der Waals surface area contributed by atoms with Gasteiger partial charge in [-0.15, -0.1) is 24.0 Å². The molecule has 1 atom stereocenters. The standard InChI is InChI=1S/C20H26N4O2.HI/c1-4-14(2)23-19(25)16-8-5-7-15(11-16)13-22-20(21)24-17-9-6-10-18(12-17)26-3;/h5-12,14H,4,13H2,1-3H3,(H,23,25)(H3,21,22,24);1H. The molecule has 4 N–H and O–H groups in total. The summed E-state index contributed by atoms with van der Waals surface area (Å²) < 4.78 is 5.18. The molecule has 2 aromatic carbocycles. The molecule has 1 amide bonds. The van der Waals surface area contributed by atoms with Gasteiger partial charge in [0.2, 0.25) is 0 Å². The molecule has 1 unspecified atom stereocenters. The Balaban J connectivity index is 0.00000364. The van der Waals surface area contributed by atoms with Crippen molar-refractivity contribution >= 4 is 41.5 Å². The zero-order valence-corrected chi connectivity index (χ0v) is 18.2. The second kappa shape index (κ2) is 11.4. The minimum atomic E-state index is -0.0762. The highest BCUT2D eigenvalue weighted by molar-refractivity contribution is 14.0. The summed E-state index contributed by atoms with van der Waals surface area (Å²) in [5, 5.41) is 5.98. The van der Waals surface area contributed by atoms with Gasteiger partial charge in [0.1, 0.15) is 5.75 Å². The van der Waals surface area contributed by atoms with Crippen molar-refractivity contribution < 1.29 is 9.53 Å². The third kappa shape index (κ3) is 7.46. The Morgan fingerprint density at radius 2 is 1.96 bits per heavy atom. The Bertz CT molecular complexity index is 780. The van der Waals surface area contributed by atoms with Crippen molar-refractivity contribution in [2.24, 2.45) is 10.7 Å². The van der Waals surface area contributed by atoms with Crippen molar-refractivity contribution in [3.05, 3.63) is 59.7 Å². The molecule has 0 saturated heterocycles. The number of benzene rings is 2. The van der Waals surface area contributed by atoms with Gasteiger partial charge in [-0.3, -0.25) is 4.79 Å². The molecule has 0 spiro atoms. The fraction of sp³-hybridized carbons (Fsp3) is 0.300. The van der Waals surface area contributed by atoms with Crippen LogP contribution in [0.4, 0.5) is 5.69 Å². The molecule has 0 aliphatic carbocycles. The Hall–Kier alpha value is -2.29. The molecule has 0 saturated carbocycles. The van der Waals surface area contributed by atoms with Gasteiger partial charge < -0.3 is 21.1 Å². The zero-order valence-electron chi connectivity index (χ0n) is 15.9. The molecule has 2 rings (SSSR count). The molecule has 0 heterocycles. The van der Waals surface area contributed by atoms with Crippen LogP contribution in [0.1, 0.15) is 36.2 Å². The summed E-state index contributed by atoms with van der Waals surface area (Å²) in [7, 11) is 1.61. The van der Waals surface area contributed by atoms with E-state index in [1.54, 1.807) is 13.2 Å². The predicted molar refractivity (Wildman–Crippen MR) is 121 cm³/mol. The second-order valence-electron chi connectivity index (χ2n) is 6.04. The van der Waals surface area contributed by atoms with Gasteiger partial charge in [-0.05, 0) is 43.2 Å². The van der Waals surface area contributed by atoms with Gasteiger partial charge in [-0.1, -0.05) is 25.1 Å². The first-order valence-corrected chi connectivity index (χ1v) is 8.62.